The van der Waals surface area contributed by atoms with Crippen LogP contribution in [0.25, 0.3) is 5.69 Å². The van der Waals surface area contributed by atoms with E-state index in [1.807, 2.05) is 30.3 Å². The van der Waals surface area contributed by atoms with Crippen LogP contribution >= 0.6 is 0 Å². The molecule has 0 atom stereocenters. The van der Waals surface area contributed by atoms with Crippen LogP contribution in [0.5, 0.6) is 0 Å². The van der Waals surface area contributed by atoms with Crippen LogP contribution in [0.1, 0.15) is 30.6 Å². The molecule has 0 radical (unpaired) electrons. The number of amides is 1. The van der Waals surface area contributed by atoms with Crippen LogP contribution in [0.3, 0.4) is 0 Å². The SMILES string of the molecule is CC(C)(CCN)CNC(=O)c1cnn(-c2ccccc2)c1. The second kappa shape index (κ2) is 6.54. The lowest BCUT2D eigenvalue weighted by molar-refractivity contribution is 0.0935. The third-order valence-corrected chi connectivity index (χ3v) is 3.41. The lowest BCUT2D eigenvalue weighted by Gasteiger charge is -2.23. The molecular weight excluding hydrogens is 264 g/mol. The van der Waals surface area contributed by atoms with Gasteiger partial charge in [0.25, 0.3) is 5.91 Å². The van der Waals surface area contributed by atoms with E-state index >= 15 is 0 Å². The first-order chi connectivity index (χ1) is 10.0. The summed E-state index contributed by atoms with van der Waals surface area (Å²) in [5, 5.41) is 7.17. The average Bonchev–Trinajstić information content (AvgIpc) is 2.96. The second-order valence-corrected chi connectivity index (χ2v) is 5.89. The van der Waals surface area contributed by atoms with Crippen molar-refractivity contribution < 1.29 is 4.79 Å². The third kappa shape index (κ3) is 4.16. The van der Waals surface area contributed by atoms with Gasteiger partial charge in [0.1, 0.15) is 0 Å². The summed E-state index contributed by atoms with van der Waals surface area (Å²) in [7, 11) is 0. The molecule has 0 unspecified atom stereocenters. The molecule has 0 saturated heterocycles. The van der Waals surface area contributed by atoms with Crippen molar-refractivity contribution in [2.24, 2.45) is 11.1 Å². The van der Waals surface area contributed by atoms with E-state index < -0.39 is 0 Å². The lowest BCUT2D eigenvalue weighted by atomic mass is 9.89. The van der Waals surface area contributed by atoms with Gasteiger partial charge >= 0.3 is 0 Å². The van der Waals surface area contributed by atoms with E-state index in [9.17, 15) is 4.79 Å². The van der Waals surface area contributed by atoms with Crippen LogP contribution in [0.4, 0.5) is 0 Å². The Hall–Kier alpha value is -2.14. The van der Waals surface area contributed by atoms with Gasteiger partial charge in [0.05, 0.1) is 17.4 Å². The standard InChI is InChI=1S/C16H22N4O/c1-16(2,8-9-17)12-18-15(21)13-10-19-20(11-13)14-6-4-3-5-7-14/h3-7,10-11H,8-9,12,17H2,1-2H3,(H,18,21). The van der Waals surface area contributed by atoms with Gasteiger partial charge in [-0.3, -0.25) is 4.79 Å². The molecule has 1 heterocycles. The Morgan fingerprint density at radius 1 is 1.33 bits per heavy atom. The van der Waals surface area contributed by atoms with Crippen LogP contribution in [0.2, 0.25) is 0 Å². The van der Waals surface area contributed by atoms with E-state index in [1.54, 1.807) is 17.1 Å². The Bertz CT molecular complexity index is 589. The highest BCUT2D eigenvalue weighted by Crippen LogP contribution is 2.17. The maximum atomic E-state index is 12.1. The van der Waals surface area contributed by atoms with Crippen LogP contribution in [-0.4, -0.2) is 28.8 Å². The molecule has 0 aliphatic carbocycles. The molecule has 2 rings (SSSR count). The molecular formula is C16H22N4O. The van der Waals surface area contributed by atoms with Crippen molar-refractivity contribution >= 4 is 5.91 Å². The molecule has 5 nitrogen and oxygen atoms in total. The van der Waals surface area contributed by atoms with Crippen LogP contribution in [0, 0.1) is 5.41 Å². The summed E-state index contributed by atoms with van der Waals surface area (Å²) < 4.78 is 1.69. The van der Waals surface area contributed by atoms with E-state index in [0.717, 1.165) is 12.1 Å². The van der Waals surface area contributed by atoms with Crippen molar-refractivity contribution in [3.05, 3.63) is 48.3 Å². The summed E-state index contributed by atoms with van der Waals surface area (Å²) in [6.45, 7) is 5.40. The first-order valence-electron chi connectivity index (χ1n) is 7.10. The van der Waals surface area contributed by atoms with Gasteiger partial charge in [-0.2, -0.15) is 5.10 Å². The topological polar surface area (TPSA) is 72.9 Å². The molecule has 3 N–H and O–H groups in total. The molecule has 1 aromatic carbocycles. The number of aromatic nitrogens is 2. The molecule has 112 valence electrons. The minimum absolute atomic E-state index is 0.000164. The van der Waals surface area contributed by atoms with Crippen molar-refractivity contribution in [2.75, 3.05) is 13.1 Å². The van der Waals surface area contributed by atoms with Gasteiger partial charge in [-0.25, -0.2) is 4.68 Å². The van der Waals surface area contributed by atoms with Crippen molar-refractivity contribution in [1.29, 1.82) is 0 Å². The normalized spacial score (nSPS) is 11.4. The number of nitrogens with zero attached hydrogens (tertiary/aromatic N) is 2. The number of nitrogens with one attached hydrogen (secondary N) is 1. The zero-order chi connectivity index (χ0) is 15.3. The number of para-hydroxylation sites is 1. The predicted octanol–water partition coefficient (Wildman–Crippen LogP) is 1.98. The van der Waals surface area contributed by atoms with Crippen molar-refractivity contribution in [1.82, 2.24) is 15.1 Å². The Balaban J connectivity index is 2.00. The van der Waals surface area contributed by atoms with Gasteiger partial charge in [-0.15, -0.1) is 0 Å². The van der Waals surface area contributed by atoms with Gasteiger partial charge in [-0.05, 0) is 30.5 Å². The van der Waals surface area contributed by atoms with E-state index in [2.05, 4.69) is 24.3 Å². The van der Waals surface area contributed by atoms with Crippen LogP contribution in [-0.2, 0) is 0 Å². The fraction of sp³-hybridized carbons (Fsp3) is 0.375. The molecule has 0 saturated carbocycles. The average molecular weight is 286 g/mol. The highest BCUT2D eigenvalue weighted by Gasteiger charge is 2.18. The molecule has 21 heavy (non-hydrogen) atoms. The Labute approximate surface area is 125 Å². The Morgan fingerprint density at radius 3 is 2.71 bits per heavy atom. The fourth-order valence-electron chi connectivity index (χ4n) is 2.06. The highest BCUT2D eigenvalue weighted by atomic mass is 16.1. The minimum atomic E-state index is -0.109. The smallest absolute Gasteiger partial charge is 0.254 e. The van der Waals surface area contributed by atoms with Crippen LogP contribution < -0.4 is 11.1 Å². The minimum Gasteiger partial charge on any atom is -0.351 e. The number of nitrogens with two attached hydrogens (primary N) is 1. The molecule has 2 aromatic rings. The summed E-state index contributed by atoms with van der Waals surface area (Å²) in [5.41, 5.74) is 7.06. The Kier molecular flexibility index (Phi) is 4.75. The highest BCUT2D eigenvalue weighted by molar-refractivity contribution is 5.93. The quantitative estimate of drug-likeness (QED) is 0.852. The van der Waals surface area contributed by atoms with Gasteiger partial charge < -0.3 is 11.1 Å². The molecule has 0 aliphatic heterocycles. The van der Waals surface area contributed by atoms with E-state index in [4.69, 9.17) is 5.73 Å². The summed E-state index contributed by atoms with van der Waals surface area (Å²) in [4.78, 5) is 12.1. The summed E-state index contributed by atoms with van der Waals surface area (Å²) in [6.07, 6.45) is 4.19. The summed E-state index contributed by atoms with van der Waals surface area (Å²) in [5.74, 6) is -0.109. The van der Waals surface area contributed by atoms with Crippen molar-refractivity contribution in [3.8, 4) is 5.69 Å². The first kappa shape index (κ1) is 15.3. The van der Waals surface area contributed by atoms with E-state index in [0.29, 0.717) is 18.7 Å². The summed E-state index contributed by atoms with van der Waals surface area (Å²) >= 11 is 0. The van der Waals surface area contributed by atoms with Crippen molar-refractivity contribution in [3.63, 3.8) is 0 Å². The van der Waals surface area contributed by atoms with E-state index in [-0.39, 0.29) is 11.3 Å². The number of hydrogen-bond acceptors (Lipinski definition) is 3. The largest absolute Gasteiger partial charge is 0.351 e. The second-order valence-electron chi connectivity index (χ2n) is 5.89. The number of hydrogen-bond donors (Lipinski definition) is 2. The monoisotopic (exact) mass is 286 g/mol. The molecule has 1 amide bonds. The molecule has 1 aromatic heterocycles. The van der Waals surface area contributed by atoms with Crippen molar-refractivity contribution in [2.45, 2.75) is 20.3 Å². The van der Waals surface area contributed by atoms with Gasteiger partial charge in [0.2, 0.25) is 0 Å². The maximum Gasteiger partial charge on any atom is 0.254 e. The van der Waals surface area contributed by atoms with Gasteiger partial charge in [0, 0.05) is 12.7 Å². The Morgan fingerprint density at radius 2 is 2.05 bits per heavy atom. The molecule has 5 heteroatoms. The fourth-order valence-corrected chi connectivity index (χ4v) is 2.06. The number of rotatable bonds is 6. The summed E-state index contributed by atoms with van der Waals surface area (Å²) in [6, 6.07) is 9.70. The lowest BCUT2D eigenvalue weighted by Crippen LogP contribution is -2.35. The third-order valence-electron chi connectivity index (χ3n) is 3.41. The van der Waals surface area contributed by atoms with Gasteiger partial charge in [-0.1, -0.05) is 32.0 Å². The maximum absolute atomic E-state index is 12.1. The predicted molar refractivity (Wildman–Crippen MR) is 83.3 cm³/mol. The van der Waals surface area contributed by atoms with Crippen LogP contribution in [0.15, 0.2) is 42.7 Å². The zero-order valence-electron chi connectivity index (χ0n) is 12.5. The number of carbonyl (C=O) groups excluding carboxylic acids is 1. The molecule has 0 fully saturated rings. The zero-order valence-corrected chi connectivity index (χ0v) is 12.5. The number of carbonyl (C=O) groups is 1. The molecule has 0 spiro atoms. The molecule has 0 bridgehead atoms. The van der Waals surface area contributed by atoms with E-state index in [1.165, 1.54) is 0 Å². The molecule has 0 aliphatic rings. The number of benzene rings is 1. The first-order valence-corrected chi connectivity index (χ1v) is 7.10. The van der Waals surface area contributed by atoms with Gasteiger partial charge in [0.15, 0.2) is 0 Å².